The first-order valence-corrected chi connectivity index (χ1v) is 8.48. The second-order valence-corrected chi connectivity index (χ2v) is 6.22. The lowest BCUT2D eigenvalue weighted by molar-refractivity contribution is -0.118. The van der Waals surface area contributed by atoms with Crippen LogP contribution in [0.3, 0.4) is 0 Å². The van der Waals surface area contributed by atoms with E-state index in [4.69, 9.17) is 0 Å². The normalized spacial score (nSPS) is 13.5. The second-order valence-electron chi connectivity index (χ2n) is 5.44. The molecule has 0 saturated carbocycles. The van der Waals surface area contributed by atoms with Gasteiger partial charge in [-0.1, -0.05) is 0 Å². The van der Waals surface area contributed by atoms with Gasteiger partial charge in [0.2, 0.25) is 5.91 Å². The number of hydrogen-bond acceptors (Lipinski definition) is 3. The number of anilines is 1. The summed E-state index contributed by atoms with van der Waals surface area (Å²) in [5.74, 6) is -0.496. The van der Waals surface area contributed by atoms with E-state index < -0.39 is 0 Å². The van der Waals surface area contributed by atoms with E-state index in [-0.39, 0.29) is 24.1 Å². The number of aryl methyl sites for hydroxylation is 1. The quantitative estimate of drug-likeness (QED) is 0.936. The molecular formula is C17H17FN2O2S. The zero-order valence-corrected chi connectivity index (χ0v) is 13.4. The Bertz CT molecular complexity index is 715. The van der Waals surface area contributed by atoms with E-state index in [1.165, 1.54) is 23.5 Å². The minimum atomic E-state index is -0.277. The van der Waals surface area contributed by atoms with Gasteiger partial charge < -0.3 is 10.2 Å². The summed E-state index contributed by atoms with van der Waals surface area (Å²) in [4.78, 5) is 25.9. The van der Waals surface area contributed by atoms with Gasteiger partial charge in [-0.2, -0.15) is 11.3 Å². The van der Waals surface area contributed by atoms with Crippen molar-refractivity contribution in [1.82, 2.24) is 5.32 Å². The Morgan fingerprint density at radius 1 is 1.30 bits per heavy atom. The molecule has 4 nitrogen and oxygen atoms in total. The second kappa shape index (κ2) is 6.91. The number of amides is 2. The predicted octanol–water partition coefficient (Wildman–Crippen LogP) is 2.99. The number of benzene rings is 1. The lowest BCUT2D eigenvalue weighted by Crippen LogP contribution is -2.37. The molecule has 0 atom stereocenters. The van der Waals surface area contributed by atoms with Gasteiger partial charge in [0.25, 0.3) is 5.91 Å². The van der Waals surface area contributed by atoms with Crippen LogP contribution >= 0.6 is 11.3 Å². The largest absolute Gasteiger partial charge is 0.351 e. The third-order valence-electron chi connectivity index (χ3n) is 3.87. The number of thiophene rings is 1. The van der Waals surface area contributed by atoms with Crippen molar-refractivity contribution in [2.75, 3.05) is 18.0 Å². The molecule has 0 unspecified atom stereocenters. The minimum Gasteiger partial charge on any atom is -0.351 e. The van der Waals surface area contributed by atoms with Gasteiger partial charge in [0.15, 0.2) is 0 Å². The fraction of sp³-hybridized carbons (Fsp3) is 0.294. The standard InChI is InChI=1S/C17H17FN2O2S/c18-14-3-4-15-12(10-14)2-1-8-20(15)16(21)5-7-19-17(22)13-6-9-23-11-13/h3-4,6,9-11H,1-2,5,7-8H2,(H,19,22). The Morgan fingerprint density at radius 2 is 2.17 bits per heavy atom. The van der Waals surface area contributed by atoms with Crippen LogP contribution in [0.5, 0.6) is 0 Å². The maximum atomic E-state index is 13.3. The predicted molar refractivity (Wildman–Crippen MR) is 88.3 cm³/mol. The molecule has 1 aliphatic heterocycles. The van der Waals surface area contributed by atoms with Crippen LogP contribution in [0.25, 0.3) is 0 Å². The highest BCUT2D eigenvalue weighted by atomic mass is 32.1. The molecule has 1 aliphatic rings. The van der Waals surface area contributed by atoms with Crippen LogP contribution in [-0.4, -0.2) is 24.9 Å². The third-order valence-corrected chi connectivity index (χ3v) is 4.55. The molecule has 6 heteroatoms. The first-order valence-electron chi connectivity index (χ1n) is 7.54. The summed E-state index contributed by atoms with van der Waals surface area (Å²) in [5.41, 5.74) is 2.26. The fourth-order valence-electron chi connectivity index (χ4n) is 2.74. The summed E-state index contributed by atoms with van der Waals surface area (Å²) in [6.07, 6.45) is 1.84. The average Bonchev–Trinajstić information content (AvgIpc) is 3.08. The van der Waals surface area contributed by atoms with Crippen LogP contribution in [0.1, 0.15) is 28.8 Å². The van der Waals surface area contributed by atoms with E-state index in [1.807, 2.05) is 5.38 Å². The first kappa shape index (κ1) is 15.7. The van der Waals surface area contributed by atoms with Crippen molar-refractivity contribution < 1.29 is 14.0 Å². The molecule has 1 N–H and O–H groups in total. The van der Waals surface area contributed by atoms with Crippen molar-refractivity contribution in [2.45, 2.75) is 19.3 Å². The first-order chi connectivity index (χ1) is 11.1. The molecule has 0 saturated heterocycles. The van der Waals surface area contributed by atoms with E-state index in [1.54, 1.807) is 22.4 Å². The summed E-state index contributed by atoms with van der Waals surface area (Å²) in [6.45, 7) is 0.927. The van der Waals surface area contributed by atoms with E-state index >= 15 is 0 Å². The number of carbonyl (C=O) groups is 2. The van der Waals surface area contributed by atoms with E-state index in [2.05, 4.69) is 5.32 Å². The third kappa shape index (κ3) is 3.59. The molecule has 2 heterocycles. The molecule has 3 rings (SSSR count). The van der Waals surface area contributed by atoms with E-state index in [0.717, 1.165) is 24.1 Å². The van der Waals surface area contributed by atoms with Gasteiger partial charge in [0.1, 0.15) is 5.82 Å². The molecule has 0 fully saturated rings. The molecule has 120 valence electrons. The van der Waals surface area contributed by atoms with Gasteiger partial charge >= 0.3 is 0 Å². The summed E-state index contributed by atoms with van der Waals surface area (Å²) < 4.78 is 13.3. The fourth-order valence-corrected chi connectivity index (χ4v) is 3.37. The highest BCUT2D eigenvalue weighted by Gasteiger charge is 2.22. The Labute approximate surface area is 137 Å². The van der Waals surface area contributed by atoms with Crippen LogP contribution in [0.15, 0.2) is 35.0 Å². The lowest BCUT2D eigenvalue weighted by atomic mass is 10.0. The topological polar surface area (TPSA) is 49.4 Å². The molecule has 23 heavy (non-hydrogen) atoms. The Kier molecular flexibility index (Phi) is 4.71. The average molecular weight is 332 g/mol. The number of nitrogens with one attached hydrogen (secondary N) is 1. The van der Waals surface area contributed by atoms with Crippen LogP contribution in [0.2, 0.25) is 0 Å². The highest BCUT2D eigenvalue weighted by Crippen LogP contribution is 2.28. The van der Waals surface area contributed by atoms with Crippen LogP contribution in [-0.2, 0) is 11.2 Å². The summed E-state index contributed by atoms with van der Waals surface area (Å²) >= 11 is 1.46. The van der Waals surface area contributed by atoms with Crippen LogP contribution in [0, 0.1) is 5.82 Å². The zero-order valence-electron chi connectivity index (χ0n) is 12.5. The highest BCUT2D eigenvalue weighted by molar-refractivity contribution is 7.08. The van der Waals surface area contributed by atoms with Crippen molar-refractivity contribution in [3.63, 3.8) is 0 Å². The summed E-state index contributed by atoms with van der Waals surface area (Å²) in [5, 5.41) is 6.36. The number of fused-ring (bicyclic) bond motifs is 1. The van der Waals surface area contributed by atoms with Crippen LogP contribution in [0.4, 0.5) is 10.1 Å². The Morgan fingerprint density at radius 3 is 2.96 bits per heavy atom. The molecule has 1 aromatic carbocycles. The molecule has 2 aromatic rings. The van der Waals surface area contributed by atoms with Gasteiger partial charge in [-0.05, 0) is 48.1 Å². The minimum absolute atomic E-state index is 0.0526. The Hall–Kier alpha value is -2.21. The molecular weight excluding hydrogens is 315 g/mol. The van der Waals surface area contributed by atoms with Crippen molar-refractivity contribution in [2.24, 2.45) is 0 Å². The summed E-state index contributed by atoms with van der Waals surface area (Å²) in [7, 11) is 0. The molecule has 0 bridgehead atoms. The van der Waals surface area contributed by atoms with Gasteiger partial charge in [-0.25, -0.2) is 4.39 Å². The lowest BCUT2D eigenvalue weighted by Gasteiger charge is -2.29. The van der Waals surface area contributed by atoms with Gasteiger partial charge in [-0.3, -0.25) is 9.59 Å². The SMILES string of the molecule is O=C(NCCC(=O)N1CCCc2cc(F)ccc21)c1ccsc1. The maximum Gasteiger partial charge on any atom is 0.252 e. The Balaban J connectivity index is 1.58. The molecule has 2 amide bonds. The van der Waals surface area contributed by atoms with E-state index in [9.17, 15) is 14.0 Å². The van der Waals surface area contributed by atoms with Crippen molar-refractivity contribution >= 4 is 28.8 Å². The monoisotopic (exact) mass is 332 g/mol. The molecule has 0 aliphatic carbocycles. The number of rotatable bonds is 4. The molecule has 0 radical (unpaired) electrons. The number of nitrogens with zero attached hydrogens (tertiary/aromatic N) is 1. The van der Waals surface area contributed by atoms with E-state index in [0.29, 0.717) is 18.7 Å². The summed E-state index contributed by atoms with van der Waals surface area (Å²) in [6, 6.07) is 6.28. The smallest absolute Gasteiger partial charge is 0.252 e. The maximum absolute atomic E-state index is 13.3. The van der Waals surface area contributed by atoms with Crippen LogP contribution < -0.4 is 10.2 Å². The van der Waals surface area contributed by atoms with Crippen molar-refractivity contribution in [1.29, 1.82) is 0 Å². The number of carbonyl (C=O) groups excluding carboxylic acids is 2. The van der Waals surface area contributed by atoms with Crippen molar-refractivity contribution in [3.8, 4) is 0 Å². The van der Waals surface area contributed by atoms with Gasteiger partial charge in [0.05, 0.1) is 0 Å². The molecule has 0 spiro atoms. The van der Waals surface area contributed by atoms with Gasteiger partial charge in [0, 0.05) is 36.1 Å². The molecule has 1 aromatic heterocycles. The number of halogens is 1. The van der Waals surface area contributed by atoms with Gasteiger partial charge in [-0.15, -0.1) is 0 Å². The number of hydrogen-bond donors (Lipinski definition) is 1. The zero-order chi connectivity index (χ0) is 16.2. The van der Waals surface area contributed by atoms with Crippen molar-refractivity contribution in [3.05, 3.63) is 52.0 Å².